The van der Waals surface area contributed by atoms with Gasteiger partial charge in [-0.15, -0.1) is 0 Å². The Morgan fingerprint density at radius 1 is 0.718 bits per heavy atom. The third-order valence-corrected chi connectivity index (χ3v) is 14.0. The molecule has 1 aromatic carbocycles. The summed E-state index contributed by atoms with van der Waals surface area (Å²) in [5, 5.41) is 0. The van der Waals surface area contributed by atoms with Crippen LogP contribution in [0.25, 0.3) is 0 Å². The summed E-state index contributed by atoms with van der Waals surface area (Å²) in [6, 6.07) is 3.43. The summed E-state index contributed by atoms with van der Waals surface area (Å²) in [6.07, 6.45) is 19.1. The molecule has 0 unspecified atom stereocenters. The summed E-state index contributed by atoms with van der Waals surface area (Å²) in [7, 11) is -0.698. The largest absolute Gasteiger partial charge is 0.495 e. The van der Waals surface area contributed by atoms with Gasteiger partial charge in [0.05, 0.1) is 16.8 Å². The molecule has 1 aromatic rings. The normalized spacial score (nSPS) is 25.0. The van der Waals surface area contributed by atoms with Crippen molar-refractivity contribution in [2.45, 2.75) is 158 Å². The van der Waals surface area contributed by atoms with Gasteiger partial charge in [-0.05, 0) is 107 Å². The van der Waals surface area contributed by atoms with E-state index in [9.17, 15) is 13.2 Å². The molecule has 0 atom stereocenters. The third-order valence-electron chi connectivity index (χ3n) is 9.88. The Balaban J connectivity index is 0.000000181. The maximum absolute atomic E-state index is 13.1. The van der Waals surface area contributed by atoms with E-state index in [2.05, 4.69) is 0 Å². The van der Waals surface area contributed by atoms with Crippen molar-refractivity contribution in [1.82, 2.24) is 0 Å². The quantitative estimate of drug-likeness (QED) is 0.224. The monoisotopic (exact) mass is 567 g/mol. The molecule has 0 spiro atoms. The number of rotatable bonds is 4. The fourth-order valence-electron chi connectivity index (χ4n) is 7.04. The first-order chi connectivity index (χ1) is 18.4. The molecule has 1 saturated heterocycles. The average molecular weight is 568 g/mol. The van der Waals surface area contributed by atoms with Crippen molar-refractivity contribution in [2.24, 2.45) is 0 Å². The van der Waals surface area contributed by atoms with Crippen molar-refractivity contribution in [3.05, 3.63) is 23.8 Å². The van der Waals surface area contributed by atoms with Gasteiger partial charge in [-0.25, -0.2) is 0 Å². The summed E-state index contributed by atoms with van der Waals surface area (Å²) in [5.74, 6) is 0. The van der Waals surface area contributed by atoms with E-state index in [4.69, 9.17) is 15.0 Å². The number of nitrogen functional groups attached to an aromatic ring is 1. The average Bonchev–Trinajstić information content (AvgIpc) is 3.12. The molecule has 39 heavy (non-hydrogen) atoms. The molecule has 1 aliphatic heterocycles. The van der Waals surface area contributed by atoms with Gasteiger partial charge in [0.15, 0.2) is 0 Å². The lowest BCUT2D eigenvalue weighted by molar-refractivity contribution is -0.136. The van der Waals surface area contributed by atoms with Crippen molar-refractivity contribution in [1.29, 1.82) is 0 Å². The summed E-state index contributed by atoms with van der Waals surface area (Å²) in [5.41, 5.74) is 7.12. The van der Waals surface area contributed by atoms with E-state index in [1.165, 1.54) is 48.4 Å². The number of nitrogens with two attached hydrogens (primary N) is 1. The maximum atomic E-state index is 13.1. The summed E-state index contributed by atoms with van der Waals surface area (Å²) >= 11 is 0. The first kappa shape index (κ1) is 31.2. The van der Waals surface area contributed by atoms with Gasteiger partial charge >= 0.3 is 13.3 Å². The highest BCUT2D eigenvalue weighted by Crippen LogP contribution is 2.61. The van der Waals surface area contributed by atoms with Crippen LogP contribution in [0.5, 0.6) is 0 Å². The second kappa shape index (κ2) is 13.0. The fourth-order valence-corrected chi connectivity index (χ4v) is 11.7. The molecule has 0 amide bonds. The van der Waals surface area contributed by atoms with Gasteiger partial charge in [-0.3, -0.25) is 0 Å². The molecule has 5 rings (SSSR count). The van der Waals surface area contributed by atoms with E-state index >= 15 is 0 Å². The predicted molar refractivity (Wildman–Crippen MR) is 159 cm³/mol. The summed E-state index contributed by atoms with van der Waals surface area (Å²) in [4.78, 5) is 0. The molecule has 8 heteroatoms. The minimum absolute atomic E-state index is 0.0869. The molecule has 3 saturated carbocycles. The van der Waals surface area contributed by atoms with E-state index in [1.807, 2.05) is 0 Å². The van der Waals surface area contributed by atoms with Crippen molar-refractivity contribution in [3.63, 3.8) is 0 Å². The Hall–Kier alpha value is -0.775. The highest BCUT2D eigenvalue weighted by atomic mass is 31.1. The Morgan fingerprint density at radius 2 is 1.10 bits per heavy atom. The van der Waals surface area contributed by atoms with Crippen molar-refractivity contribution in [3.8, 4) is 0 Å². The van der Waals surface area contributed by atoms with E-state index in [0.29, 0.717) is 7.92 Å². The number of alkyl halides is 3. The zero-order chi connectivity index (χ0) is 28.3. The van der Waals surface area contributed by atoms with Crippen molar-refractivity contribution < 1.29 is 22.5 Å². The maximum Gasteiger partial charge on any atom is 0.495 e. The van der Waals surface area contributed by atoms with Gasteiger partial charge in [0.2, 0.25) is 0 Å². The highest BCUT2D eigenvalue weighted by Gasteiger charge is 2.53. The van der Waals surface area contributed by atoms with Crippen LogP contribution in [0.1, 0.15) is 130 Å². The van der Waals surface area contributed by atoms with Gasteiger partial charge < -0.3 is 15.0 Å². The SMILES string of the molecule is C1CCC(P(C2CCCCC2)C2CCCCC2)CC1.CC1(C)OB(c2cc(N)ccc2C(F)(F)F)OC1(C)C. The predicted octanol–water partition coefficient (Wildman–Crippen LogP) is 9.05. The molecular weight excluding hydrogens is 517 g/mol. The molecule has 0 radical (unpaired) electrons. The Labute approximate surface area is 236 Å². The molecule has 2 N–H and O–H groups in total. The van der Waals surface area contributed by atoms with Crippen LogP contribution in [0.2, 0.25) is 0 Å². The van der Waals surface area contributed by atoms with Crippen LogP contribution in [0, 0.1) is 0 Å². The zero-order valence-electron chi connectivity index (χ0n) is 24.6. The third kappa shape index (κ3) is 7.74. The van der Waals surface area contributed by atoms with Crippen LogP contribution < -0.4 is 11.2 Å². The van der Waals surface area contributed by atoms with Crippen LogP contribution in [0.3, 0.4) is 0 Å². The zero-order valence-corrected chi connectivity index (χ0v) is 25.5. The molecule has 3 nitrogen and oxygen atoms in total. The molecule has 220 valence electrons. The van der Waals surface area contributed by atoms with Crippen LogP contribution in [0.4, 0.5) is 18.9 Å². The van der Waals surface area contributed by atoms with Crippen LogP contribution in [0.15, 0.2) is 18.2 Å². The van der Waals surface area contributed by atoms with Gasteiger partial charge in [0, 0.05) is 5.69 Å². The number of anilines is 1. The smallest absolute Gasteiger partial charge is 0.399 e. The summed E-state index contributed by atoms with van der Waals surface area (Å²) < 4.78 is 50.5. The van der Waals surface area contributed by atoms with E-state index in [-0.39, 0.29) is 11.2 Å². The van der Waals surface area contributed by atoms with E-state index in [0.717, 1.165) is 6.07 Å². The minimum Gasteiger partial charge on any atom is -0.399 e. The second-order valence-corrected chi connectivity index (χ2v) is 16.3. The first-order valence-corrected chi connectivity index (χ1v) is 17.0. The molecule has 3 aliphatic carbocycles. The van der Waals surface area contributed by atoms with Crippen molar-refractivity contribution in [2.75, 3.05) is 5.73 Å². The topological polar surface area (TPSA) is 44.5 Å². The molecule has 0 bridgehead atoms. The molecule has 0 aromatic heterocycles. The lowest BCUT2D eigenvalue weighted by atomic mass is 9.75. The van der Waals surface area contributed by atoms with E-state index in [1.54, 1.807) is 105 Å². The highest BCUT2D eigenvalue weighted by molar-refractivity contribution is 7.60. The molecule has 4 fully saturated rings. The number of halogens is 3. The van der Waals surface area contributed by atoms with E-state index < -0.39 is 30.1 Å². The molecule has 4 aliphatic rings. The van der Waals surface area contributed by atoms with Gasteiger partial charge in [0.25, 0.3) is 0 Å². The second-order valence-electron chi connectivity index (χ2n) is 13.3. The van der Waals surface area contributed by atoms with Crippen LogP contribution in [-0.4, -0.2) is 35.3 Å². The number of hydrogen-bond donors (Lipinski definition) is 1. The standard InChI is InChI=1S/C18H33P.C13H17BF3NO2/c1-4-10-16(11-5-1)19(17-12-6-2-7-13-17)18-14-8-3-9-15-18;1-11(2)12(3,4)20-14(19-11)10-7-8(18)5-6-9(10)13(15,16)17/h16-18H,1-15H2;5-7H,18H2,1-4H3. The number of hydrogen-bond acceptors (Lipinski definition) is 3. The van der Waals surface area contributed by atoms with Crippen LogP contribution >= 0.6 is 7.92 Å². The first-order valence-electron chi connectivity index (χ1n) is 15.5. The summed E-state index contributed by atoms with van der Waals surface area (Å²) in [6.45, 7) is 7.14. The number of benzene rings is 1. The minimum atomic E-state index is -4.48. The lowest BCUT2D eigenvalue weighted by Gasteiger charge is -2.44. The molecular formula is C31H50BF3NO2P. The Morgan fingerprint density at radius 3 is 1.46 bits per heavy atom. The van der Waals surface area contributed by atoms with Crippen molar-refractivity contribution >= 4 is 26.2 Å². The van der Waals surface area contributed by atoms with Gasteiger partial charge in [0.1, 0.15) is 0 Å². The fraction of sp³-hybridized carbons (Fsp3) is 0.806. The Bertz CT molecular complexity index is 864. The Kier molecular flexibility index (Phi) is 10.4. The van der Waals surface area contributed by atoms with Gasteiger partial charge in [-0.2, -0.15) is 13.2 Å². The van der Waals surface area contributed by atoms with Gasteiger partial charge in [-0.1, -0.05) is 65.7 Å². The van der Waals surface area contributed by atoms with Crippen LogP contribution in [-0.2, 0) is 15.5 Å². The lowest BCUT2D eigenvalue weighted by Crippen LogP contribution is -2.41. The molecule has 1 heterocycles.